The summed E-state index contributed by atoms with van der Waals surface area (Å²) >= 11 is 0. The summed E-state index contributed by atoms with van der Waals surface area (Å²) in [6.07, 6.45) is 3.43. The first-order chi connectivity index (χ1) is 5.40. The first kappa shape index (κ1) is 6.24. The molecule has 0 fully saturated rings. The van der Waals surface area contributed by atoms with Crippen LogP contribution in [0.5, 0.6) is 0 Å². The van der Waals surface area contributed by atoms with E-state index in [1.54, 1.807) is 4.68 Å². The Morgan fingerprint density at radius 2 is 2.55 bits per heavy atom. The predicted octanol–water partition coefficient (Wildman–Crippen LogP) is 0.192. The summed E-state index contributed by atoms with van der Waals surface area (Å²) in [7, 11) is 0. The van der Waals surface area contributed by atoms with Crippen LogP contribution in [-0.2, 0) is 17.8 Å². The third kappa shape index (κ3) is 0.951. The molecule has 1 aliphatic rings. The summed E-state index contributed by atoms with van der Waals surface area (Å²) in [5.41, 5.74) is 0. The van der Waals surface area contributed by atoms with E-state index in [0.717, 1.165) is 25.2 Å². The van der Waals surface area contributed by atoms with Gasteiger partial charge in [0.15, 0.2) is 0 Å². The van der Waals surface area contributed by atoms with Crippen molar-refractivity contribution in [3.8, 4) is 0 Å². The van der Waals surface area contributed by atoms with Gasteiger partial charge in [0, 0.05) is 13.0 Å². The lowest BCUT2D eigenvalue weighted by Gasteiger charge is -1.85. The number of carbonyl (C=O) groups excluding carboxylic acids is 1. The highest BCUT2D eigenvalue weighted by molar-refractivity contribution is 5.40. The molecule has 1 aliphatic heterocycles. The molecule has 0 saturated heterocycles. The van der Waals surface area contributed by atoms with Gasteiger partial charge in [-0.3, -0.25) is 0 Å². The van der Waals surface area contributed by atoms with Crippen molar-refractivity contribution in [2.24, 2.45) is 4.99 Å². The Bertz CT molecular complexity index is 302. The molecule has 0 aliphatic carbocycles. The van der Waals surface area contributed by atoms with Gasteiger partial charge < -0.3 is 0 Å². The quantitative estimate of drug-likeness (QED) is 0.424. The lowest BCUT2D eigenvalue weighted by atomic mass is 10.4. The predicted molar refractivity (Wildman–Crippen MR) is 36.1 cm³/mol. The van der Waals surface area contributed by atoms with Gasteiger partial charge in [-0.05, 0) is 6.42 Å². The molecule has 1 aromatic heterocycles. The number of aromatic nitrogens is 3. The average molecular weight is 150 g/mol. The first-order valence-corrected chi connectivity index (χ1v) is 3.42. The molecule has 5 heteroatoms. The van der Waals surface area contributed by atoms with E-state index in [2.05, 4.69) is 15.1 Å². The molecule has 0 saturated carbocycles. The van der Waals surface area contributed by atoms with E-state index >= 15 is 0 Å². The number of nitrogens with zero attached hydrogens (tertiary/aromatic N) is 4. The first-order valence-electron chi connectivity index (χ1n) is 3.42. The summed E-state index contributed by atoms with van der Waals surface area (Å²) in [5, 5.41) is 3.96. The Morgan fingerprint density at radius 3 is 3.27 bits per heavy atom. The highest BCUT2D eigenvalue weighted by Gasteiger charge is 2.14. The van der Waals surface area contributed by atoms with Crippen LogP contribution in [0.4, 0.5) is 5.95 Å². The number of fused-ring (bicyclic) bond motifs is 1. The van der Waals surface area contributed by atoms with Crippen molar-refractivity contribution in [1.29, 1.82) is 0 Å². The monoisotopic (exact) mass is 150 g/mol. The molecular formula is C6H6N4O. The summed E-state index contributed by atoms with van der Waals surface area (Å²) in [6.45, 7) is 0.886. The summed E-state index contributed by atoms with van der Waals surface area (Å²) in [5.74, 6) is 1.15. The fourth-order valence-corrected chi connectivity index (χ4v) is 1.20. The summed E-state index contributed by atoms with van der Waals surface area (Å²) in [6, 6.07) is 0. The number of rotatable bonds is 1. The normalized spacial score (nSPS) is 14.2. The third-order valence-corrected chi connectivity index (χ3v) is 1.65. The van der Waals surface area contributed by atoms with Crippen LogP contribution in [0.25, 0.3) is 0 Å². The van der Waals surface area contributed by atoms with Crippen molar-refractivity contribution in [2.45, 2.75) is 19.4 Å². The molecule has 2 rings (SSSR count). The van der Waals surface area contributed by atoms with E-state index in [1.807, 2.05) is 0 Å². The van der Waals surface area contributed by atoms with Gasteiger partial charge in [-0.2, -0.15) is 4.98 Å². The van der Waals surface area contributed by atoms with Crippen LogP contribution in [0.15, 0.2) is 4.99 Å². The summed E-state index contributed by atoms with van der Waals surface area (Å²) < 4.78 is 1.77. The van der Waals surface area contributed by atoms with Crippen molar-refractivity contribution in [2.75, 3.05) is 0 Å². The maximum atomic E-state index is 9.82. The maximum Gasteiger partial charge on any atom is 0.279 e. The second kappa shape index (κ2) is 2.29. The second-order valence-electron chi connectivity index (χ2n) is 2.36. The van der Waals surface area contributed by atoms with Crippen LogP contribution in [0, 0.1) is 0 Å². The fraction of sp³-hybridized carbons (Fsp3) is 0.500. The van der Waals surface area contributed by atoms with Gasteiger partial charge in [0.1, 0.15) is 5.82 Å². The number of hydrogen-bond acceptors (Lipinski definition) is 4. The summed E-state index contributed by atoms with van der Waals surface area (Å²) in [4.78, 5) is 17.1. The number of isocyanates is 1. The SMILES string of the molecule is O=C=Nc1nc2n(n1)CCC2. The zero-order chi connectivity index (χ0) is 7.68. The average Bonchev–Trinajstić information content (AvgIpc) is 2.46. The van der Waals surface area contributed by atoms with Gasteiger partial charge in [-0.1, -0.05) is 0 Å². The van der Waals surface area contributed by atoms with Crippen LogP contribution in [0.1, 0.15) is 12.2 Å². The molecule has 5 nitrogen and oxygen atoms in total. The van der Waals surface area contributed by atoms with E-state index < -0.39 is 0 Å². The molecule has 0 unspecified atom stereocenters. The van der Waals surface area contributed by atoms with Crippen LogP contribution in [0.3, 0.4) is 0 Å². The Hall–Kier alpha value is -1.48. The van der Waals surface area contributed by atoms with Crippen LogP contribution >= 0.6 is 0 Å². The third-order valence-electron chi connectivity index (χ3n) is 1.65. The zero-order valence-electron chi connectivity index (χ0n) is 5.82. The minimum absolute atomic E-state index is 0.231. The number of aliphatic imine (C=N–C) groups is 1. The molecule has 0 atom stereocenters. The maximum absolute atomic E-state index is 9.82. The molecule has 2 heterocycles. The molecule has 0 radical (unpaired) electrons. The standard InChI is InChI=1S/C6H6N4O/c11-4-7-6-8-5-2-1-3-10(5)9-6/h1-3H2. The molecule has 0 amide bonds. The molecule has 1 aromatic rings. The van der Waals surface area contributed by atoms with E-state index in [4.69, 9.17) is 0 Å². The van der Waals surface area contributed by atoms with Gasteiger partial charge in [0.05, 0.1) is 0 Å². The van der Waals surface area contributed by atoms with Crippen molar-refractivity contribution in [3.05, 3.63) is 5.82 Å². The molecule has 56 valence electrons. The molecular weight excluding hydrogens is 144 g/mol. The molecule has 0 aromatic carbocycles. The Labute approximate surface area is 62.8 Å². The Kier molecular flexibility index (Phi) is 1.30. The highest BCUT2D eigenvalue weighted by atomic mass is 16.1. The van der Waals surface area contributed by atoms with Crippen LogP contribution in [0.2, 0.25) is 0 Å². The Morgan fingerprint density at radius 1 is 1.64 bits per heavy atom. The molecule has 0 N–H and O–H groups in total. The van der Waals surface area contributed by atoms with E-state index in [1.165, 1.54) is 6.08 Å². The lowest BCUT2D eigenvalue weighted by molar-refractivity contribution is 0.564. The number of aryl methyl sites for hydroxylation is 2. The molecule has 0 bridgehead atoms. The van der Waals surface area contributed by atoms with E-state index in [9.17, 15) is 4.79 Å². The van der Waals surface area contributed by atoms with Crippen molar-refractivity contribution < 1.29 is 4.79 Å². The molecule has 0 spiro atoms. The smallest absolute Gasteiger partial charge is 0.248 e. The largest absolute Gasteiger partial charge is 0.279 e. The topological polar surface area (TPSA) is 60.1 Å². The molecule has 11 heavy (non-hydrogen) atoms. The van der Waals surface area contributed by atoms with Crippen molar-refractivity contribution in [1.82, 2.24) is 14.8 Å². The minimum Gasteiger partial charge on any atom is -0.248 e. The minimum atomic E-state index is 0.231. The van der Waals surface area contributed by atoms with Crippen LogP contribution < -0.4 is 0 Å². The highest BCUT2D eigenvalue weighted by Crippen LogP contribution is 2.14. The second-order valence-corrected chi connectivity index (χ2v) is 2.36. The van der Waals surface area contributed by atoms with Gasteiger partial charge in [0.2, 0.25) is 6.08 Å². The van der Waals surface area contributed by atoms with Crippen molar-refractivity contribution >= 4 is 12.0 Å². The van der Waals surface area contributed by atoms with Crippen LogP contribution in [-0.4, -0.2) is 20.8 Å². The zero-order valence-corrected chi connectivity index (χ0v) is 5.82. The van der Waals surface area contributed by atoms with Gasteiger partial charge in [-0.25, -0.2) is 9.48 Å². The lowest BCUT2D eigenvalue weighted by Crippen LogP contribution is -1.93. The van der Waals surface area contributed by atoms with E-state index in [-0.39, 0.29) is 5.95 Å². The Balaban J connectivity index is 2.41. The van der Waals surface area contributed by atoms with Gasteiger partial charge >= 0.3 is 0 Å². The van der Waals surface area contributed by atoms with Crippen molar-refractivity contribution in [3.63, 3.8) is 0 Å². The van der Waals surface area contributed by atoms with Gasteiger partial charge in [-0.15, -0.1) is 10.1 Å². The fourth-order valence-electron chi connectivity index (χ4n) is 1.20. The van der Waals surface area contributed by atoms with Gasteiger partial charge in [0.25, 0.3) is 5.95 Å². The van der Waals surface area contributed by atoms with E-state index in [0.29, 0.717) is 0 Å². The number of hydrogen-bond donors (Lipinski definition) is 0.